The van der Waals surface area contributed by atoms with Crippen molar-refractivity contribution in [2.45, 2.75) is 25.9 Å². The molecule has 1 heterocycles. The minimum atomic E-state index is -1.08. The number of ether oxygens (including phenoxy) is 3. The van der Waals surface area contributed by atoms with Crippen LogP contribution >= 0.6 is 0 Å². The third-order valence-electron chi connectivity index (χ3n) is 4.08. The maximum Gasteiger partial charge on any atom is 0.343 e. The first kappa shape index (κ1) is 22.7. The molecular weight excluding hydrogens is 390 g/mol. The fourth-order valence-corrected chi connectivity index (χ4v) is 2.56. The molecule has 9 nitrogen and oxygen atoms in total. The van der Waals surface area contributed by atoms with E-state index in [1.54, 1.807) is 18.2 Å². The molecule has 0 saturated heterocycles. The van der Waals surface area contributed by atoms with E-state index in [4.69, 9.17) is 15.2 Å². The number of hydrogen-bond donors (Lipinski definition) is 2. The van der Waals surface area contributed by atoms with Gasteiger partial charge >= 0.3 is 11.9 Å². The number of anilines is 1. The average Bonchev–Trinajstić information content (AvgIpc) is 2.74. The van der Waals surface area contributed by atoms with Gasteiger partial charge in [-0.15, -0.1) is 0 Å². The number of pyridine rings is 1. The number of methoxy groups -OCH3 is 1. The van der Waals surface area contributed by atoms with E-state index >= 15 is 0 Å². The first-order chi connectivity index (χ1) is 14.4. The number of nitrogens with zero attached hydrogens (tertiary/aromatic N) is 1. The maximum atomic E-state index is 12.5. The van der Waals surface area contributed by atoms with Crippen LogP contribution in [-0.2, 0) is 30.3 Å². The highest BCUT2D eigenvalue weighted by molar-refractivity contribution is 5.84. The van der Waals surface area contributed by atoms with E-state index in [2.05, 4.69) is 15.0 Å². The SMILES string of the molecule is COC(=O)COc1ccc(CCCNC(=O)C(OC(C)=O)c2ccc(N)nc2)cc1. The monoisotopic (exact) mass is 415 g/mol. The van der Waals surface area contributed by atoms with E-state index in [0.29, 0.717) is 30.1 Å². The zero-order chi connectivity index (χ0) is 21.9. The Morgan fingerprint density at radius 2 is 1.87 bits per heavy atom. The Hall–Kier alpha value is -3.62. The first-order valence-corrected chi connectivity index (χ1v) is 9.34. The number of rotatable bonds is 10. The number of hydrogen-bond acceptors (Lipinski definition) is 8. The lowest BCUT2D eigenvalue weighted by molar-refractivity contribution is -0.154. The number of esters is 2. The van der Waals surface area contributed by atoms with E-state index < -0.39 is 23.9 Å². The Bertz CT molecular complexity index is 852. The normalized spacial score (nSPS) is 11.3. The third-order valence-corrected chi connectivity index (χ3v) is 4.08. The van der Waals surface area contributed by atoms with Crippen LogP contribution in [0.15, 0.2) is 42.6 Å². The van der Waals surface area contributed by atoms with Crippen LogP contribution in [0.2, 0.25) is 0 Å². The Balaban J connectivity index is 1.81. The minimum Gasteiger partial charge on any atom is -0.482 e. The lowest BCUT2D eigenvalue weighted by Crippen LogP contribution is -2.32. The molecule has 0 fully saturated rings. The smallest absolute Gasteiger partial charge is 0.343 e. The van der Waals surface area contributed by atoms with Gasteiger partial charge in [0, 0.05) is 25.2 Å². The van der Waals surface area contributed by atoms with Crippen LogP contribution in [-0.4, -0.2) is 43.1 Å². The largest absolute Gasteiger partial charge is 0.482 e. The van der Waals surface area contributed by atoms with E-state index in [1.807, 2.05) is 12.1 Å². The first-order valence-electron chi connectivity index (χ1n) is 9.34. The van der Waals surface area contributed by atoms with E-state index in [0.717, 1.165) is 12.0 Å². The van der Waals surface area contributed by atoms with Gasteiger partial charge in [0.1, 0.15) is 11.6 Å². The van der Waals surface area contributed by atoms with Crippen molar-refractivity contribution in [1.29, 1.82) is 0 Å². The van der Waals surface area contributed by atoms with Crippen molar-refractivity contribution in [1.82, 2.24) is 10.3 Å². The van der Waals surface area contributed by atoms with Crippen LogP contribution in [0.3, 0.4) is 0 Å². The number of nitrogens with one attached hydrogen (secondary N) is 1. The molecule has 1 aromatic heterocycles. The van der Waals surface area contributed by atoms with Crippen molar-refractivity contribution >= 4 is 23.7 Å². The van der Waals surface area contributed by atoms with Gasteiger partial charge in [0.25, 0.3) is 5.91 Å². The van der Waals surface area contributed by atoms with Gasteiger partial charge in [-0.2, -0.15) is 0 Å². The molecular formula is C21H25N3O6. The number of aryl methyl sites for hydroxylation is 1. The maximum absolute atomic E-state index is 12.5. The van der Waals surface area contributed by atoms with Crippen molar-refractivity contribution in [2.24, 2.45) is 0 Å². The summed E-state index contributed by atoms with van der Waals surface area (Å²) in [7, 11) is 1.30. The summed E-state index contributed by atoms with van der Waals surface area (Å²) in [5.74, 6) is -0.567. The number of nitrogens with two attached hydrogens (primary N) is 1. The van der Waals surface area contributed by atoms with E-state index in [1.165, 1.54) is 26.3 Å². The molecule has 2 rings (SSSR count). The average molecular weight is 415 g/mol. The molecule has 0 bridgehead atoms. The Morgan fingerprint density at radius 3 is 2.47 bits per heavy atom. The molecule has 1 amide bonds. The van der Waals surface area contributed by atoms with Crippen LogP contribution in [0.1, 0.15) is 30.6 Å². The number of amides is 1. The molecule has 0 aliphatic carbocycles. The van der Waals surface area contributed by atoms with Gasteiger partial charge in [-0.05, 0) is 42.7 Å². The number of carbonyl (C=O) groups is 3. The molecule has 30 heavy (non-hydrogen) atoms. The molecule has 0 aliphatic rings. The van der Waals surface area contributed by atoms with Crippen molar-refractivity contribution in [2.75, 3.05) is 26.0 Å². The van der Waals surface area contributed by atoms with Gasteiger partial charge in [0.15, 0.2) is 6.61 Å². The summed E-state index contributed by atoms with van der Waals surface area (Å²) in [5.41, 5.74) is 7.05. The highest BCUT2D eigenvalue weighted by atomic mass is 16.6. The van der Waals surface area contributed by atoms with Gasteiger partial charge < -0.3 is 25.3 Å². The minimum absolute atomic E-state index is 0.144. The predicted octanol–water partition coefficient (Wildman–Crippen LogP) is 1.57. The van der Waals surface area contributed by atoms with Crippen molar-refractivity contribution < 1.29 is 28.6 Å². The molecule has 0 spiro atoms. The number of carbonyl (C=O) groups excluding carboxylic acids is 3. The quantitative estimate of drug-likeness (QED) is 0.442. The lowest BCUT2D eigenvalue weighted by atomic mass is 10.1. The van der Waals surface area contributed by atoms with Crippen molar-refractivity contribution in [3.05, 3.63) is 53.7 Å². The summed E-state index contributed by atoms with van der Waals surface area (Å²) in [5, 5.41) is 2.77. The van der Waals surface area contributed by atoms with Crippen molar-refractivity contribution in [3.8, 4) is 5.75 Å². The van der Waals surface area contributed by atoms with E-state index in [-0.39, 0.29) is 6.61 Å². The second-order valence-electron chi connectivity index (χ2n) is 6.41. The fraction of sp³-hybridized carbons (Fsp3) is 0.333. The van der Waals surface area contributed by atoms with Gasteiger partial charge in [-0.3, -0.25) is 9.59 Å². The van der Waals surface area contributed by atoms with Crippen LogP contribution < -0.4 is 15.8 Å². The number of aromatic nitrogens is 1. The van der Waals surface area contributed by atoms with Crippen LogP contribution in [0, 0.1) is 0 Å². The third kappa shape index (κ3) is 7.42. The summed E-state index contributed by atoms with van der Waals surface area (Å²) in [6, 6.07) is 10.4. The molecule has 1 unspecified atom stereocenters. The summed E-state index contributed by atoms with van der Waals surface area (Å²) in [6.07, 6.45) is 1.73. The van der Waals surface area contributed by atoms with Crippen molar-refractivity contribution in [3.63, 3.8) is 0 Å². The zero-order valence-corrected chi connectivity index (χ0v) is 16.9. The highest BCUT2D eigenvalue weighted by Crippen LogP contribution is 2.18. The lowest BCUT2D eigenvalue weighted by Gasteiger charge is -2.17. The van der Waals surface area contributed by atoms with Crippen LogP contribution in [0.5, 0.6) is 5.75 Å². The van der Waals surface area contributed by atoms with Gasteiger partial charge in [-0.1, -0.05) is 12.1 Å². The summed E-state index contributed by atoms with van der Waals surface area (Å²) < 4.78 is 14.9. The number of nitrogen functional groups attached to an aromatic ring is 1. The fourth-order valence-electron chi connectivity index (χ4n) is 2.56. The van der Waals surface area contributed by atoms with Gasteiger partial charge in [-0.25, -0.2) is 9.78 Å². The molecule has 0 aliphatic heterocycles. The summed E-state index contributed by atoms with van der Waals surface area (Å²) >= 11 is 0. The summed E-state index contributed by atoms with van der Waals surface area (Å²) in [4.78, 5) is 38.8. The summed E-state index contributed by atoms with van der Waals surface area (Å²) in [6.45, 7) is 1.50. The second-order valence-corrected chi connectivity index (χ2v) is 6.41. The molecule has 1 atom stereocenters. The van der Waals surface area contributed by atoms with E-state index in [9.17, 15) is 14.4 Å². The van der Waals surface area contributed by atoms with Crippen LogP contribution in [0.25, 0.3) is 0 Å². The topological polar surface area (TPSA) is 130 Å². The highest BCUT2D eigenvalue weighted by Gasteiger charge is 2.23. The van der Waals surface area contributed by atoms with Gasteiger partial charge in [0.2, 0.25) is 6.10 Å². The molecule has 160 valence electrons. The molecule has 9 heteroatoms. The zero-order valence-electron chi connectivity index (χ0n) is 16.9. The Labute approximate surface area is 174 Å². The predicted molar refractivity (Wildman–Crippen MR) is 108 cm³/mol. The molecule has 0 radical (unpaired) electrons. The molecule has 1 aromatic carbocycles. The molecule has 3 N–H and O–H groups in total. The number of benzene rings is 1. The molecule has 2 aromatic rings. The Kier molecular flexibility index (Phi) is 8.61. The van der Waals surface area contributed by atoms with Gasteiger partial charge in [0.05, 0.1) is 7.11 Å². The standard InChI is InChI=1S/C21H25N3O6/c1-14(25)30-20(16-7-10-18(22)24-12-16)21(27)23-11-3-4-15-5-8-17(9-6-15)29-13-19(26)28-2/h5-10,12,20H,3-4,11,13H2,1-2H3,(H2,22,24)(H,23,27). The van der Waals surface area contributed by atoms with Crippen LogP contribution in [0.4, 0.5) is 5.82 Å². The second kappa shape index (κ2) is 11.4. The molecule has 0 saturated carbocycles. The Morgan fingerprint density at radius 1 is 1.13 bits per heavy atom.